The Morgan fingerprint density at radius 3 is 2.45 bits per heavy atom. The fourth-order valence-electron chi connectivity index (χ4n) is 2.18. The molecule has 0 aromatic heterocycles. The molecule has 4 heteroatoms. The number of piperazine rings is 1. The fraction of sp³-hybridized carbons (Fsp3) is 0.438. The van der Waals surface area contributed by atoms with Gasteiger partial charge in [-0.15, -0.1) is 0 Å². The minimum atomic E-state index is 0.00510. The number of allylic oxidation sites excluding steroid dienone is 1. The minimum Gasteiger partial charge on any atom is -0.368 e. The molecule has 1 aliphatic heterocycles. The van der Waals surface area contributed by atoms with Gasteiger partial charge in [-0.05, 0) is 25.5 Å². The molecular weight excluding hydrogens is 250 g/mol. The zero-order valence-electron chi connectivity index (χ0n) is 12.3. The Balaban J connectivity index is 1.84. The molecule has 0 atom stereocenters. The Hall–Kier alpha value is -1.97. The highest BCUT2D eigenvalue weighted by molar-refractivity contribution is 5.75. The van der Waals surface area contributed by atoms with E-state index in [1.807, 2.05) is 36.2 Å². The van der Waals surface area contributed by atoms with Crippen LogP contribution in [0.5, 0.6) is 0 Å². The van der Waals surface area contributed by atoms with E-state index in [9.17, 15) is 4.79 Å². The number of carbonyl (C=O) groups is 1. The Morgan fingerprint density at radius 1 is 1.20 bits per heavy atom. The summed E-state index contributed by atoms with van der Waals surface area (Å²) >= 11 is 0. The Labute approximate surface area is 121 Å². The second kappa shape index (κ2) is 6.98. The van der Waals surface area contributed by atoms with E-state index in [0.717, 1.165) is 32.6 Å². The molecule has 0 unspecified atom stereocenters. The molecule has 20 heavy (non-hydrogen) atoms. The molecule has 0 aliphatic carbocycles. The molecule has 1 aromatic carbocycles. The molecule has 1 saturated heterocycles. The molecule has 2 rings (SSSR count). The van der Waals surface area contributed by atoms with Crippen molar-refractivity contribution in [3.8, 4) is 0 Å². The zero-order valence-corrected chi connectivity index (χ0v) is 12.3. The monoisotopic (exact) mass is 273 g/mol. The normalized spacial score (nSPS) is 16.2. The van der Waals surface area contributed by atoms with E-state index in [4.69, 9.17) is 0 Å². The first-order valence-corrected chi connectivity index (χ1v) is 7.21. The van der Waals surface area contributed by atoms with Crippen LogP contribution >= 0.6 is 0 Å². The van der Waals surface area contributed by atoms with Crippen LogP contribution in [0.3, 0.4) is 0 Å². The summed E-state index contributed by atoms with van der Waals surface area (Å²) in [4.78, 5) is 16.2. The van der Waals surface area contributed by atoms with E-state index in [0.29, 0.717) is 0 Å². The molecule has 1 aromatic rings. The fourth-order valence-corrected chi connectivity index (χ4v) is 2.18. The highest BCUT2D eigenvalue weighted by Gasteiger charge is 2.20. The van der Waals surface area contributed by atoms with E-state index >= 15 is 0 Å². The van der Waals surface area contributed by atoms with Crippen LogP contribution in [0, 0.1) is 0 Å². The van der Waals surface area contributed by atoms with Crippen molar-refractivity contribution in [2.45, 2.75) is 20.3 Å². The van der Waals surface area contributed by atoms with Crippen molar-refractivity contribution in [3.05, 3.63) is 42.1 Å². The Morgan fingerprint density at radius 2 is 1.85 bits per heavy atom. The summed E-state index contributed by atoms with van der Waals surface area (Å²) < 4.78 is 0. The van der Waals surface area contributed by atoms with Gasteiger partial charge in [-0.3, -0.25) is 0 Å². The number of benzene rings is 1. The largest absolute Gasteiger partial charge is 0.368 e. The first kappa shape index (κ1) is 14.4. The number of hydrogen-bond donors (Lipinski definition) is 1. The van der Waals surface area contributed by atoms with Crippen molar-refractivity contribution >= 4 is 11.7 Å². The SMILES string of the molecule is CC/C(C)=C/NC(=O)N1CCN(c2ccccc2)CC1. The van der Waals surface area contributed by atoms with Crippen molar-refractivity contribution in [2.75, 3.05) is 31.1 Å². The van der Waals surface area contributed by atoms with Gasteiger partial charge in [-0.2, -0.15) is 0 Å². The minimum absolute atomic E-state index is 0.00510. The molecule has 108 valence electrons. The van der Waals surface area contributed by atoms with Crippen molar-refractivity contribution in [1.82, 2.24) is 10.2 Å². The molecule has 1 aliphatic rings. The highest BCUT2D eigenvalue weighted by Crippen LogP contribution is 2.15. The number of amides is 2. The van der Waals surface area contributed by atoms with Gasteiger partial charge >= 0.3 is 6.03 Å². The predicted octanol–water partition coefficient (Wildman–Crippen LogP) is 2.83. The van der Waals surface area contributed by atoms with Crippen LogP contribution in [0.2, 0.25) is 0 Å². The lowest BCUT2D eigenvalue weighted by Crippen LogP contribution is -2.51. The second-order valence-corrected chi connectivity index (χ2v) is 5.10. The van der Waals surface area contributed by atoms with Gasteiger partial charge in [0, 0.05) is 38.1 Å². The number of nitrogens with zero attached hydrogens (tertiary/aromatic N) is 2. The lowest BCUT2D eigenvalue weighted by molar-refractivity contribution is 0.198. The third kappa shape index (κ3) is 3.76. The average molecular weight is 273 g/mol. The average Bonchev–Trinajstić information content (AvgIpc) is 2.53. The summed E-state index contributed by atoms with van der Waals surface area (Å²) in [5.41, 5.74) is 2.41. The smallest absolute Gasteiger partial charge is 0.321 e. The molecule has 1 N–H and O–H groups in total. The van der Waals surface area contributed by atoms with Gasteiger partial charge in [0.15, 0.2) is 0 Å². The van der Waals surface area contributed by atoms with Crippen molar-refractivity contribution in [3.63, 3.8) is 0 Å². The number of hydrogen-bond acceptors (Lipinski definition) is 2. The Bertz CT molecular complexity index is 462. The van der Waals surface area contributed by atoms with Crippen LogP contribution < -0.4 is 10.2 Å². The number of rotatable bonds is 3. The van der Waals surface area contributed by atoms with Gasteiger partial charge in [0.2, 0.25) is 0 Å². The quantitative estimate of drug-likeness (QED) is 0.919. The third-order valence-electron chi connectivity index (χ3n) is 3.69. The summed E-state index contributed by atoms with van der Waals surface area (Å²) in [5, 5.41) is 2.86. The van der Waals surface area contributed by atoms with Crippen molar-refractivity contribution < 1.29 is 4.79 Å². The van der Waals surface area contributed by atoms with E-state index in [2.05, 4.69) is 29.3 Å². The van der Waals surface area contributed by atoms with Crippen LogP contribution in [0.4, 0.5) is 10.5 Å². The number of nitrogens with one attached hydrogen (secondary N) is 1. The van der Waals surface area contributed by atoms with Gasteiger partial charge in [0.05, 0.1) is 0 Å². The van der Waals surface area contributed by atoms with Gasteiger partial charge < -0.3 is 15.1 Å². The maximum absolute atomic E-state index is 12.0. The molecule has 4 nitrogen and oxygen atoms in total. The first-order valence-electron chi connectivity index (χ1n) is 7.21. The summed E-state index contributed by atoms with van der Waals surface area (Å²) in [5.74, 6) is 0. The maximum Gasteiger partial charge on any atom is 0.321 e. The topological polar surface area (TPSA) is 35.6 Å². The van der Waals surface area contributed by atoms with Crippen LogP contribution in [0.1, 0.15) is 20.3 Å². The number of para-hydroxylation sites is 1. The molecule has 0 saturated carbocycles. The summed E-state index contributed by atoms with van der Waals surface area (Å²) in [6, 6.07) is 10.4. The number of anilines is 1. The van der Waals surface area contributed by atoms with Gasteiger partial charge in [-0.1, -0.05) is 30.7 Å². The van der Waals surface area contributed by atoms with Crippen LogP contribution in [0.15, 0.2) is 42.1 Å². The molecule has 0 radical (unpaired) electrons. The number of urea groups is 1. The van der Waals surface area contributed by atoms with Gasteiger partial charge in [0.25, 0.3) is 0 Å². The third-order valence-corrected chi connectivity index (χ3v) is 3.69. The highest BCUT2D eigenvalue weighted by atomic mass is 16.2. The molecule has 1 heterocycles. The summed E-state index contributed by atoms with van der Waals surface area (Å²) in [7, 11) is 0. The van der Waals surface area contributed by atoms with Gasteiger partial charge in [0.1, 0.15) is 0 Å². The van der Waals surface area contributed by atoms with Crippen molar-refractivity contribution in [2.24, 2.45) is 0 Å². The molecule has 2 amide bonds. The van der Waals surface area contributed by atoms with E-state index in [1.165, 1.54) is 11.3 Å². The molecule has 0 bridgehead atoms. The second-order valence-electron chi connectivity index (χ2n) is 5.10. The standard InChI is InChI=1S/C16H23N3O/c1-3-14(2)13-17-16(20)19-11-9-18(10-12-19)15-7-5-4-6-8-15/h4-8,13H,3,9-12H2,1-2H3,(H,17,20)/b14-13+. The van der Waals surface area contributed by atoms with E-state index < -0.39 is 0 Å². The van der Waals surface area contributed by atoms with Crippen LogP contribution in [0.25, 0.3) is 0 Å². The molecular formula is C16H23N3O. The lowest BCUT2D eigenvalue weighted by atomic mass is 10.2. The summed E-state index contributed by atoms with van der Waals surface area (Å²) in [6.07, 6.45) is 2.77. The van der Waals surface area contributed by atoms with E-state index in [-0.39, 0.29) is 6.03 Å². The summed E-state index contributed by atoms with van der Waals surface area (Å²) in [6.45, 7) is 7.39. The van der Waals surface area contributed by atoms with Crippen LogP contribution in [-0.4, -0.2) is 37.1 Å². The molecule has 0 spiro atoms. The lowest BCUT2D eigenvalue weighted by Gasteiger charge is -2.35. The number of carbonyl (C=O) groups excluding carboxylic acids is 1. The van der Waals surface area contributed by atoms with Crippen LogP contribution in [-0.2, 0) is 0 Å². The van der Waals surface area contributed by atoms with Crippen molar-refractivity contribution in [1.29, 1.82) is 0 Å². The molecule has 1 fully saturated rings. The predicted molar refractivity (Wildman–Crippen MR) is 82.8 cm³/mol. The first-order chi connectivity index (χ1) is 9.70. The maximum atomic E-state index is 12.0. The zero-order chi connectivity index (χ0) is 14.4. The van der Waals surface area contributed by atoms with E-state index in [1.54, 1.807) is 0 Å². The van der Waals surface area contributed by atoms with Gasteiger partial charge in [-0.25, -0.2) is 4.79 Å². The Kier molecular flexibility index (Phi) is 5.04.